The number of anilines is 2. The zero-order valence-electron chi connectivity index (χ0n) is 23.8. The summed E-state index contributed by atoms with van der Waals surface area (Å²) in [5, 5.41) is 10.9. The zero-order valence-corrected chi connectivity index (χ0v) is 23.8. The lowest BCUT2D eigenvalue weighted by Crippen LogP contribution is -2.22. The normalized spacial score (nSPS) is 17.9. The van der Waals surface area contributed by atoms with Gasteiger partial charge in [0.05, 0.1) is 16.9 Å². The minimum atomic E-state index is -4.66. The maximum absolute atomic E-state index is 14.1. The van der Waals surface area contributed by atoms with Crippen molar-refractivity contribution < 1.29 is 18.0 Å². The first-order chi connectivity index (χ1) is 20.6. The molecule has 2 saturated carbocycles. The van der Waals surface area contributed by atoms with E-state index in [9.17, 15) is 18.0 Å². The molecule has 1 spiro atoms. The highest BCUT2D eigenvalue weighted by Crippen LogP contribution is 2.53. The highest BCUT2D eigenvalue weighted by molar-refractivity contribution is 6.05. The molecular formula is C32H32F3N7O. The molecule has 1 amide bonds. The maximum Gasteiger partial charge on any atom is 0.418 e. The van der Waals surface area contributed by atoms with Gasteiger partial charge in [-0.15, -0.1) is 10.2 Å². The second-order valence-corrected chi connectivity index (χ2v) is 12.3. The van der Waals surface area contributed by atoms with Crippen LogP contribution in [0.4, 0.5) is 24.5 Å². The van der Waals surface area contributed by atoms with E-state index in [4.69, 9.17) is 5.73 Å². The number of benzene rings is 2. The van der Waals surface area contributed by atoms with Gasteiger partial charge in [-0.2, -0.15) is 13.2 Å². The molecule has 3 aliphatic rings. The van der Waals surface area contributed by atoms with E-state index in [-0.39, 0.29) is 17.3 Å². The molecule has 3 fully saturated rings. The van der Waals surface area contributed by atoms with Crippen molar-refractivity contribution in [3.63, 3.8) is 0 Å². The molecule has 2 aromatic carbocycles. The highest BCUT2D eigenvalue weighted by Gasteiger charge is 2.47. The fraction of sp³-hybridized carbons (Fsp3) is 0.375. The van der Waals surface area contributed by atoms with E-state index in [1.54, 1.807) is 18.5 Å². The van der Waals surface area contributed by atoms with E-state index in [1.165, 1.54) is 12.8 Å². The first kappa shape index (κ1) is 27.6. The third-order valence-electron chi connectivity index (χ3n) is 8.94. The summed E-state index contributed by atoms with van der Waals surface area (Å²) in [6.07, 6.45) is 2.31. The number of pyridine rings is 1. The Morgan fingerprint density at radius 3 is 2.51 bits per heavy atom. The zero-order chi connectivity index (χ0) is 29.9. The summed E-state index contributed by atoms with van der Waals surface area (Å²) in [6.45, 7) is 2.10. The molecule has 0 bridgehead atoms. The fourth-order valence-electron chi connectivity index (χ4n) is 6.20. The number of alkyl halides is 3. The minimum Gasteiger partial charge on any atom is -0.397 e. The Morgan fingerprint density at radius 2 is 1.86 bits per heavy atom. The molecule has 0 radical (unpaired) electrons. The number of nitrogen functional groups attached to an aromatic ring is 1. The van der Waals surface area contributed by atoms with Gasteiger partial charge in [0.1, 0.15) is 12.0 Å². The number of halogens is 3. The van der Waals surface area contributed by atoms with Crippen LogP contribution < -0.4 is 11.1 Å². The number of likely N-dealkylation sites (tertiary alicyclic amines) is 1. The summed E-state index contributed by atoms with van der Waals surface area (Å²) in [4.78, 5) is 20.5. The second kappa shape index (κ2) is 10.2. The lowest BCUT2D eigenvalue weighted by atomic mass is 9.97. The van der Waals surface area contributed by atoms with Gasteiger partial charge in [0, 0.05) is 37.3 Å². The van der Waals surface area contributed by atoms with Crippen LogP contribution in [0.2, 0.25) is 0 Å². The van der Waals surface area contributed by atoms with E-state index in [0.29, 0.717) is 23.3 Å². The van der Waals surface area contributed by atoms with Crippen LogP contribution in [0.5, 0.6) is 0 Å². The molecule has 222 valence electrons. The van der Waals surface area contributed by atoms with Gasteiger partial charge in [0.2, 0.25) is 0 Å². The molecule has 1 aliphatic heterocycles. The van der Waals surface area contributed by atoms with Gasteiger partial charge in [-0.25, -0.2) is 4.98 Å². The van der Waals surface area contributed by atoms with E-state index < -0.39 is 23.3 Å². The fourth-order valence-corrected chi connectivity index (χ4v) is 6.20. The molecule has 43 heavy (non-hydrogen) atoms. The van der Waals surface area contributed by atoms with E-state index >= 15 is 0 Å². The van der Waals surface area contributed by atoms with Crippen LogP contribution in [0.25, 0.3) is 22.5 Å². The molecule has 11 heteroatoms. The maximum atomic E-state index is 14.1. The van der Waals surface area contributed by atoms with Crippen LogP contribution in [0, 0.1) is 5.41 Å². The van der Waals surface area contributed by atoms with Crippen LogP contribution in [0.15, 0.2) is 54.9 Å². The van der Waals surface area contributed by atoms with E-state index in [1.807, 2.05) is 41.9 Å². The summed E-state index contributed by atoms with van der Waals surface area (Å²) in [6, 6.07) is 14.0. The number of nitrogens with one attached hydrogen (secondary N) is 1. The minimum absolute atomic E-state index is 0.0604. The quantitative estimate of drug-likeness (QED) is 0.248. The monoisotopic (exact) mass is 587 g/mol. The van der Waals surface area contributed by atoms with Gasteiger partial charge >= 0.3 is 6.18 Å². The summed E-state index contributed by atoms with van der Waals surface area (Å²) >= 11 is 0. The van der Waals surface area contributed by atoms with Crippen molar-refractivity contribution in [2.75, 3.05) is 24.1 Å². The Morgan fingerprint density at radius 1 is 1.09 bits per heavy atom. The number of aryl methyl sites for hydroxylation is 1. The first-order valence-electron chi connectivity index (χ1n) is 14.6. The third kappa shape index (κ3) is 5.49. The molecule has 0 atom stereocenters. The Bertz CT molecular complexity index is 1720. The summed E-state index contributed by atoms with van der Waals surface area (Å²) in [5.41, 5.74) is 8.67. The van der Waals surface area contributed by atoms with Gasteiger partial charge in [0.15, 0.2) is 5.82 Å². The van der Waals surface area contributed by atoms with Crippen LogP contribution >= 0.6 is 0 Å². The average molecular weight is 588 g/mol. The predicted octanol–water partition coefficient (Wildman–Crippen LogP) is 6.26. The van der Waals surface area contributed by atoms with Gasteiger partial charge in [-0.05, 0) is 85.0 Å². The summed E-state index contributed by atoms with van der Waals surface area (Å²) in [5.74, 6) is 0.283. The SMILES string of the molecule is Cn1cnnc1-c1ccccc1-c1cc(C(=O)Nc2cc(CN3CCC4(CC4)C3)cc(C(F)(F)F)c2N)nc(C2CC2)c1. The molecular weight excluding hydrogens is 555 g/mol. The molecule has 8 nitrogen and oxygen atoms in total. The summed E-state index contributed by atoms with van der Waals surface area (Å²) < 4.78 is 44.0. The van der Waals surface area contributed by atoms with E-state index in [0.717, 1.165) is 60.8 Å². The molecule has 0 unspecified atom stereocenters. The van der Waals surface area contributed by atoms with Crippen LogP contribution in [-0.2, 0) is 19.8 Å². The molecule has 7 rings (SSSR count). The molecule has 3 N–H and O–H groups in total. The van der Waals surface area contributed by atoms with Crippen molar-refractivity contribution in [3.05, 3.63) is 77.4 Å². The van der Waals surface area contributed by atoms with Crippen LogP contribution in [-0.4, -0.2) is 43.6 Å². The number of rotatable bonds is 7. The van der Waals surface area contributed by atoms with Gasteiger partial charge < -0.3 is 15.6 Å². The first-order valence-corrected chi connectivity index (χ1v) is 14.6. The Hall–Kier alpha value is -4.25. The Labute approximate surface area is 247 Å². The molecule has 2 aliphatic carbocycles. The number of nitrogens with zero attached hydrogens (tertiary/aromatic N) is 5. The number of carbonyl (C=O) groups is 1. The van der Waals surface area contributed by atoms with Gasteiger partial charge in [-0.1, -0.05) is 24.3 Å². The van der Waals surface area contributed by atoms with Crippen molar-refractivity contribution >= 4 is 17.3 Å². The van der Waals surface area contributed by atoms with Crippen LogP contribution in [0.1, 0.15) is 65.3 Å². The van der Waals surface area contributed by atoms with Crippen molar-refractivity contribution in [2.45, 2.75) is 50.7 Å². The van der Waals surface area contributed by atoms with E-state index in [2.05, 4.69) is 25.4 Å². The summed E-state index contributed by atoms with van der Waals surface area (Å²) in [7, 11) is 1.86. The smallest absolute Gasteiger partial charge is 0.397 e. The average Bonchev–Trinajstić information content (AvgIpc) is 3.88. The number of hydrogen-bond donors (Lipinski definition) is 2. The Balaban J connectivity index is 1.23. The van der Waals surface area contributed by atoms with Crippen molar-refractivity contribution in [2.24, 2.45) is 12.5 Å². The molecule has 1 saturated heterocycles. The van der Waals surface area contributed by atoms with Crippen molar-refractivity contribution in [1.29, 1.82) is 0 Å². The number of aromatic nitrogens is 4. The van der Waals surface area contributed by atoms with Crippen LogP contribution in [0.3, 0.4) is 0 Å². The highest BCUT2D eigenvalue weighted by atomic mass is 19.4. The van der Waals surface area contributed by atoms with Gasteiger partial charge in [-0.3, -0.25) is 9.69 Å². The number of carbonyl (C=O) groups excluding carboxylic acids is 1. The lowest BCUT2D eigenvalue weighted by molar-refractivity contribution is -0.136. The standard InChI is InChI=1S/C32H32F3N7O/c1-41-18-37-40-29(41)23-5-3-2-4-22(23)21-14-25(20-6-7-20)38-27(15-21)30(43)39-26-13-19(12-24(28(26)36)32(33,34)35)16-42-11-10-31(17-42)8-9-31/h2-5,12-15,18,20H,6-11,16-17,36H2,1H3,(H,39,43). The predicted molar refractivity (Wildman–Crippen MR) is 157 cm³/mol. The van der Waals surface area contributed by atoms with Crippen molar-refractivity contribution in [3.8, 4) is 22.5 Å². The third-order valence-corrected chi connectivity index (χ3v) is 8.94. The topological polar surface area (TPSA) is 102 Å². The van der Waals surface area contributed by atoms with Gasteiger partial charge in [0.25, 0.3) is 5.91 Å². The lowest BCUT2D eigenvalue weighted by Gasteiger charge is -2.20. The molecule has 4 aromatic rings. The largest absolute Gasteiger partial charge is 0.418 e. The van der Waals surface area contributed by atoms with Crippen molar-refractivity contribution in [1.82, 2.24) is 24.6 Å². The number of nitrogens with two attached hydrogens (primary N) is 1. The number of amides is 1. The molecule has 3 heterocycles. The number of hydrogen-bond acceptors (Lipinski definition) is 6. The Kier molecular flexibility index (Phi) is 6.53. The second-order valence-electron chi connectivity index (χ2n) is 12.3. The molecule has 2 aromatic heterocycles.